The number of hydrogen-bond acceptors (Lipinski definition) is 3. The number of aromatic nitrogens is 2. The van der Waals surface area contributed by atoms with Gasteiger partial charge in [-0.1, -0.05) is 13.3 Å². The zero-order valence-corrected chi connectivity index (χ0v) is 11.5. The van der Waals surface area contributed by atoms with Crippen LogP contribution in [-0.4, -0.2) is 25.4 Å². The second-order valence-electron chi connectivity index (χ2n) is 4.21. The summed E-state index contributed by atoms with van der Waals surface area (Å²) < 4.78 is 4.20. The van der Waals surface area contributed by atoms with E-state index in [0.717, 1.165) is 31.8 Å². The molecule has 0 saturated carbocycles. The average molecular weight is 262 g/mol. The van der Waals surface area contributed by atoms with Crippen molar-refractivity contribution in [1.29, 1.82) is 0 Å². The summed E-state index contributed by atoms with van der Waals surface area (Å²) in [6, 6.07) is 0. The highest BCUT2D eigenvalue weighted by atomic mass is 31.2. The van der Waals surface area contributed by atoms with E-state index >= 15 is 0 Å². The van der Waals surface area contributed by atoms with E-state index in [1.54, 1.807) is 0 Å². The van der Waals surface area contributed by atoms with Crippen molar-refractivity contribution < 1.29 is 19.2 Å². The maximum Gasteiger partial charge on any atom is 0.404 e. The van der Waals surface area contributed by atoms with Gasteiger partial charge in [0.2, 0.25) is 0 Å². The Balaban J connectivity index is 2.74. The molecule has 98 valence electrons. The van der Waals surface area contributed by atoms with Crippen LogP contribution in [0.15, 0.2) is 12.4 Å². The van der Waals surface area contributed by atoms with Crippen molar-refractivity contribution in [1.82, 2.24) is 4.57 Å². The van der Waals surface area contributed by atoms with Crippen LogP contribution in [-0.2, 0) is 19.5 Å². The second kappa shape index (κ2) is 6.45. The number of imidazole rings is 1. The molecule has 0 aliphatic rings. The Labute approximate surface area is 103 Å². The number of rotatable bonds is 7. The Hall–Kier alpha value is -0.480. The van der Waals surface area contributed by atoms with Crippen LogP contribution in [0.4, 0.5) is 0 Å². The Morgan fingerprint density at radius 2 is 2.00 bits per heavy atom. The summed E-state index contributed by atoms with van der Waals surface area (Å²) in [4.78, 5) is 27.2. The van der Waals surface area contributed by atoms with Crippen molar-refractivity contribution >= 4 is 7.94 Å². The lowest BCUT2D eigenvalue weighted by atomic mass is 10.3. The third kappa shape index (κ3) is 4.72. The van der Waals surface area contributed by atoms with Gasteiger partial charge in [0.25, 0.3) is 5.82 Å². The van der Waals surface area contributed by atoms with Crippen LogP contribution in [0.1, 0.15) is 32.5 Å². The minimum atomic E-state index is -3.66. The molecule has 1 heterocycles. The number of unbranched alkanes of at least 4 members (excludes halogenated alkanes) is 1. The molecule has 1 rings (SSSR count). The molecule has 0 aliphatic carbocycles. The zero-order valence-electron chi connectivity index (χ0n) is 10.6. The molecule has 0 atom stereocenters. The topological polar surface area (TPSA) is 69.5 Å². The molecule has 5 nitrogen and oxygen atoms in total. The van der Waals surface area contributed by atoms with Gasteiger partial charge in [0.1, 0.15) is 12.4 Å². The van der Waals surface area contributed by atoms with Crippen LogP contribution >= 0.6 is 7.94 Å². The average Bonchev–Trinajstić information content (AvgIpc) is 2.64. The fourth-order valence-corrected chi connectivity index (χ4v) is 2.36. The number of hydrogen-bond donors (Lipinski definition) is 3. The lowest BCUT2D eigenvalue weighted by Crippen LogP contribution is -2.37. The minimum Gasteiger partial charge on any atom is -0.234 e. The highest BCUT2D eigenvalue weighted by Gasteiger charge is 2.32. The van der Waals surface area contributed by atoms with Crippen molar-refractivity contribution in [2.75, 3.05) is 6.16 Å². The highest BCUT2D eigenvalue weighted by molar-refractivity contribution is 7.58. The SMILES string of the molecule is CCCC[n+]1ccn(CC)c1CC[P+](O)(O)O. The molecule has 3 N–H and O–H groups in total. The molecule has 0 aliphatic heterocycles. The van der Waals surface area contributed by atoms with Crippen molar-refractivity contribution in [3.63, 3.8) is 0 Å². The van der Waals surface area contributed by atoms with Gasteiger partial charge >= 0.3 is 7.94 Å². The van der Waals surface area contributed by atoms with Crippen LogP contribution in [0, 0.1) is 0 Å². The maximum absolute atomic E-state index is 9.05. The molecule has 0 amide bonds. The lowest BCUT2D eigenvalue weighted by Gasteiger charge is -2.05. The standard InChI is InChI=1S/C11H23N2O3P/c1-3-5-7-13-9-8-12(4-2)11(13)6-10-17(14,15)16/h8-9,14-16H,3-7,10H2,1-2H3/q+2. The summed E-state index contributed by atoms with van der Waals surface area (Å²) in [6.45, 7) is 5.98. The van der Waals surface area contributed by atoms with E-state index in [0.29, 0.717) is 6.42 Å². The summed E-state index contributed by atoms with van der Waals surface area (Å²) in [5, 5.41) is 0. The Kier molecular flexibility index (Phi) is 5.53. The smallest absolute Gasteiger partial charge is 0.234 e. The van der Waals surface area contributed by atoms with E-state index in [1.165, 1.54) is 0 Å². The summed E-state index contributed by atoms with van der Waals surface area (Å²) >= 11 is 0. The lowest BCUT2D eigenvalue weighted by molar-refractivity contribution is -0.704. The van der Waals surface area contributed by atoms with Gasteiger partial charge in [0.15, 0.2) is 6.16 Å². The van der Waals surface area contributed by atoms with E-state index in [9.17, 15) is 0 Å². The Morgan fingerprint density at radius 1 is 1.29 bits per heavy atom. The summed E-state index contributed by atoms with van der Waals surface area (Å²) in [7, 11) is -3.66. The fraction of sp³-hybridized carbons (Fsp3) is 0.727. The van der Waals surface area contributed by atoms with Gasteiger partial charge < -0.3 is 0 Å². The van der Waals surface area contributed by atoms with Crippen LogP contribution in [0.3, 0.4) is 0 Å². The third-order valence-corrected chi connectivity index (χ3v) is 3.64. The molecule has 0 unspecified atom stereocenters. The first-order valence-electron chi connectivity index (χ1n) is 6.11. The first-order valence-corrected chi connectivity index (χ1v) is 7.95. The van der Waals surface area contributed by atoms with Gasteiger partial charge in [-0.3, -0.25) is 0 Å². The summed E-state index contributed by atoms with van der Waals surface area (Å²) in [6.07, 6.45) is 6.76. The summed E-state index contributed by atoms with van der Waals surface area (Å²) in [5.74, 6) is 1.04. The highest BCUT2D eigenvalue weighted by Crippen LogP contribution is 2.44. The molecule has 6 heteroatoms. The molecule has 0 spiro atoms. The van der Waals surface area contributed by atoms with E-state index < -0.39 is 7.94 Å². The van der Waals surface area contributed by atoms with E-state index in [-0.39, 0.29) is 6.16 Å². The molecular formula is C11H23N2O3P+2. The fourth-order valence-electron chi connectivity index (χ4n) is 1.86. The molecule has 1 aromatic heterocycles. The molecule has 0 saturated heterocycles. The minimum absolute atomic E-state index is 0.0309. The Bertz CT molecular complexity index is 347. The van der Waals surface area contributed by atoms with Crippen molar-refractivity contribution in [2.24, 2.45) is 0 Å². The zero-order chi connectivity index (χ0) is 12.9. The van der Waals surface area contributed by atoms with Crippen LogP contribution in [0.2, 0.25) is 0 Å². The van der Waals surface area contributed by atoms with Crippen LogP contribution in [0.5, 0.6) is 0 Å². The van der Waals surface area contributed by atoms with Crippen LogP contribution in [0.25, 0.3) is 0 Å². The van der Waals surface area contributed by atoms with E-state index in [1.807, 2.05) is 19.3 Å². The molecule has 0 radical (unpaired) electrons. The normalized spacial score (nSPS) is 12.1. The van der Waals surface area contributed by atoms with Crippen LogP contribution < -0.4 is 4.57 Å². The second-order valence-corrected chi connectivity index (χ2v) is 6.05. The van der Waals surface area contributed by atoms with Gasteiger partial charge in [-0.15, -0.1) is 0 Å². The van der Waals surface area contributed by atoms with Gasteiger partial charge in [-0.05, 0) is 13.3 Å². The van der Waals surface area contributed by atoms with Crippen molar-refractivity contribution in [3.8, 4) is 0 Å². The van der Waals surface area contributed by atoms with E-state index in [4.69, 9.17) is 14.7 Å². The predicted molar refractivity (Wildman–Crippen MR) is 67.4 cm³/mol. The predicted octanol–water partition coefficient (Wildman–Crippen LogP) is 0.878. The Morgan fingerprint density at radius 3 is 2.53 bits per heavy atom. The van der Waals surface area contributed by atoms with Gasteiger partial charge in [-0.2, -0.15) is 14.7 Å². The molecule has 0 bridgehead atoms. The first kappa shape index (κ1) is 14.6. The van der Waals surface area contributed by atoms with E-state index in [2.05, 4.69) is 16.1 Å². The van der Waals surface area contributed by atoms with Crippen molar-refractivity contribution in [2.45, 2.75) is 46.2 Å². The van der Waals surface area contributed by atoms with Crippen molar-refractivity contribution in [3.05, 3.63) is 18.2 Å². The number of aryl methyl sites for hydroxylation is 2. The molecule has 0 fully saturated rings. The maximum atomic E-state index is 9.05. The first-order chi connectivity index (χ1) is 7.98. The molecule has 0 aromatic carbocycles. The molecule has 17 heavy (non-hydrogen) atoms. The largest absolute Gasteiger partial charge is 0.404 e. The third-order valence-electron chi connectivity index (χ3n) is 2.82. The van der Waals surface area contributed by atoms with Gasteiger partial charge in [0, 0.05) is 0 Å². The molecular weight excluding hydrogens is 239 g/mol. The van der Waals surface area contributed by atoms with Gasteiger partial charge in [-0.25, -0.2) is 9.13 Å². The number of nitrogens with zero attached hydrogens (tertiary/aromatic N) is 2. The quantitative estimate of drug-likeness (QED) is 0.504. The summed E-state index contributed by atoms with van der Waals surface area (Å²) in [5.41, 5.74) is 0. The van der Waals surface area contributed by atoms with Gasteiger partial charge in [0.05, 0.1) is 19.5 Å². The molecule has 1 aromatic rings. The monoisotopic (exact) mass is 262 g/mol.